The summed E-state index contributed by atoms with van der Waals surface area (Å²) in [6, 6.07) is 9.24. The maximum atomic E-state index is 13.5. The quantitative estimate of drug-likeness (QED) is 0.867. The molecule has 0 unspecified atom stereocenters. The number of halogens is 2. The fourth-order valence-electron chi connectivity index (χ4n) is 1.50. The molecular weight excluding hydrogens is 335 g/mol. The lowest BCUT2D eigenvalue weighted by molar-refractivity contribution is 0.557. The molecule has 0 saturated heterocycles. The molecule has 2 rings (SSSR count). The van der Waals surface area contributed by atoms with Gasteiger partial charge in [0.1, 0.15) is 0 Å². The third-order valence-corrected chi connectivity index (χ3v) is 4.29. The number of rotatable bonds is 4. The molecule has 1 aromatic heterocycles. The van der Waals surface area contributed by atoms with Crippen molar-refractivity contribution < 1.29 is 12.8 Å². The summed E-state index contributed by atoms with van der Waals surface area (Å²) in [6.45, 7) is 0. The minimum Gasteiger partial charge on any atom is -0.278 e. The minimum atomic E-state index is -4.03. The van der Waals surface area contributed by atoms with Crippen molar-refractivity contribution in [1.29, 1.82) is 0 Å². The van der Waals surface area contributed by atoms with Crippen LogP contribution in [0.1, 0.15) is 5.56 Å². The van der Waals surface area contributed by atoms with Gasteiger partial charge in [0, 0.05) is 11.5 Å². The lowest BCUT2D eigenvalue weighted by Gasteiger charge is -2.10. The standard InChI is InChI=1S/C12H10BrFN2O2S/c13-8-9-4-1-2-6-11(9)16-19(17,18)12-10(14)5-3-7-15-12/h1-7,16H,8H2. The second-order valence-corrected chi connectivity index (χ2v) is 5.85. The van der Waals surface area contributed by atoms with E-state index in [2.05, 4.69) is 25.6 Å². The summed E-state index contributed by atoms with van der Waals surface area (Å²) in [4.78, 5) is 3.56. The number of anilines is 1. The van der Waals surface area contributed by atoms with Crippen LogP contribution >= 0.6 is 15.9 Å². The summed E-state index contributed by atoms with van der Waals surface area (Å²) in [5.74, 6) is -0.883. The second kappa shape index (κ2) is 5.66. The van der Waals surface area contributed by atoms with Gasteiger partial charge in [-0.05, 0) is 23.8 Å². The van der Waals surface area contributed by atoms with Crippen LogP contribution < -0.4 is 4.72 Å². The van der Waals surface area contributed by atoms with Gasteiger partial charge in [-0.1, -0.05) is 34.1 Å². The first kappa shape index (κ1) is 14.0. The molecule has 1 heterocycles. The van der Waals surface area contributed by atoms with Crippen molar-refractivity contribution in [3.63, 3.8) is 0 Å². The molecule has 1 aromatic carbocycles. The van der Waals surface area contributed by atoms with E-state index >= 15 is 0 Å². The third-order valence-electron chi connectivity index (χ3n) is 2.38. The minimum absolute atomic E-state index is 0.393. The van der Waals surface area contributed by atoms with Gasteiger partial charge in [-0.2, -0.15) is 8.42 Å². The summed E-state index contributed by atoms with van der Waals surface area (Å²) in [7, 11) is -4.03. The zero-order chi connectivity index (χ0) is 13.9. The number of aromatic nitrogens is 1. The van der Waals surface area contributed by atoms with Crippen molar-refractivity contribution in [2.75, 3.05) is 4.72 Å². The Morgan fingerprint density at radius 3 is 2.63 bits per heavy atom. The van der Waals surface area contributed by atoms with E-state index in [0.29, 0.717) is 11.0 Å². The van der Waals surface area contributed by atoms with Gasteiger partial charge in [-0.3, -0.25) is 4.72 Å². The molecule has 0 atom stereocenters. The molecule has 0 saturated carbocycles. The molecule has 2 aromatic rings. The van der Waals surface area contributed by atoms with E-state index in [0.717, 1.165) is 11.6 Å². The molecule has 0 aliphatic rings. The first-order chi connectivity index (χ1) is 9.04. The largest absolute Gasteiger partial charge is 0.282 e. The molecule has 100 valence electrons. The fraction of sp³-hybridized carbons (Fsp3) is 0.0833. The van der Waals surface area contributed by atoms with E-state index in [1.54, 1.807) is 24.3 Å². The van der Waals surface area contributed by atoms with Crippen LogP contribution in [-0.4, -0.2) is 13.4 Å². The van der Waals surface area contributed by atoms with Crippen molar-refractivity contribution >= 4 is 31.6 Å². The van der Waals surface area contributed by atoms with Crippen LogP contribution in [0.25, 0.3) is 0 Å². The SMILES string of the molecule is O=S(=O)(Nc1ccccc1CBr)c1ncccc1F. The zero-order valence-corrected chi connectivity index (χ0v) is 12.1. The van der Waals surface area contributed by atoms with Crippen molar-refractivity contribution in [3.05, 3.63) is 54.0 Å². The van der Waals surface area contributed by atoms with E-state index in [4.69, 9.17) is 0 Å². The van der Waals surface area contributed by atoms with Gasteiger partial charge in [-0.15, -0.1) is 0 Å². The highest BCUT2D eigenvalue weighted by Gasteiger charge is 2.21. The van der Waals surface area contributed by atoms with Crippen LogP contribution in [-0.2, 0) is 15.4 Å². The lowest BCUT2D eigenvalue weighted by atomic mass is 10.2. The Morgan fingerprint density at radius 2 is 1.95 bits per heavy atom. The monoisotopic (exact) mass is 344 g/mol. The predicted molar refractivity (Wildman–Crippen MR) is 74.1 cm³/mol. The molecule has 0 bridgehead atoms. The Labute approximate surface area is 118 Å². The second-order valence-electron chi connectivity index (χ2n) is 3.69. The number of para-hydroxylation sites is 1. The van der Waals surface area contributed by atoms with E-state index in [1.165, 1.54) is 12.3 Å². The van der Waals surface area contributed by atoms with Gasteiger partial charge in [0.2, 0.25) is 5.03 Å². The highest BCUT2D eigenvalue weighted by Crippen LogP contribution is 2.22. The average Bonchev–Trinajstić information content (AvgIpc) is 2.39. The number of alkyl halides is 1. The van der Waals surface area contributed by atoms with E-state index < -0.39 is 20.9 Å². The van der Waals surface area contributed by atoms with Gasteiger partial charge in [0.05, 0.1) is 5.69 Å². The topological polar surface area (TPSA) is 59.1 Å². The van der Waals surface area contributed by atoms with E-state index in [9.17, 15) is 12.8 Å². The molecule has 0 spiro atoms. The smallest absolute Gasteiger partial charge is 0.278 e. The van der Waals surface area contributed by atoms with Gasteiger partial charge >= 0.3 is 0 Å². The molecule has 7 heteroatoms. The summed E-state index contributed by atoms with van der Waals surface area (Å²) in [5.41, 5.74) is 1.15. The summed E-state index contributed by atoms with van der Waals surface area (Å²) in [5, 5.41) is -0.129. The highest BCUT2D eigenvalue weighted by molar-refractivity contribution is 9.08. The molecule has 1 N–H and O–H groups in total. The van der Waals surface area contributed by atoms with Gasteiger partial charge in [-0.25, -0.2) is 9.37 Å². The van der Waals surface area contributed by atoms with Crippen LogP contribution in [0.2, 0.25) is 0 Å². The van der Waals surface area contributed by atoms with Gasteiger partial charge in [0.25, 0.3) is 10.0 Å². The molecule has 0 aliphatic carbocycles. The zero-order valence-electron chi connectivity index (χ0n) is 9.68. The normalized spacial score (nSPS) is 11.3. The molecule has 19 heavy (non-hydrogen) atoms. The summed E-state index contributed by atoms with van der Waals surface area (Å²) in [6.07, 6.45) is 1.23. The average molecular weight is 345 g/mol. The number of pyridine rings is 1. The number of nitrogens with one attached hydrogen (secondary N) is 1. The van der Waals surface area contributed by atoms with E-state index in [-0.39, 0.29) is 0 Å². The van der Waals surface area contributed by atoms with Crippen LogP contribution in [0.4, 0.5) is 10.1 Å². The van der Waals surface area contributed by atoms with Gasteiger partial charge < -0.3 is 0 Å². The molecule has 0 amide bonds. The van der Waals surface area contributed by atoms with E-state index in [1.807, 2.05) is 0 Å². The lowest BCUT2D eigenvalue weighted by Crippen LogP contribution is -2.17. The first-order valence-electron chi connectivity index (χ1n) is 5.32. The molecule has 4 nitrogen and oxygen atoms in total. The predicted octanol–water partition coefficient (Wildman–Crippen LogP) is 2.92. The van der Waals surface area contributed by atoms with Crippen LogP contribution in [0, 0.1) is 5.82 Å². The molecule has 0 radical (unpaired) electrons. The fourth-order valence-corrected chi connectivity index (χ4v) is 3.10. The number of hydrogen-bond donors (Lipinski definition) is 1. The first-order valence-corrected chi connectivity index (χ1v) is 7.92. The Morgan fingerprint density at radius 1 is 1.21 bits per heavy atom. The number of hydrogen-bond acceptors (Lipinski definition) is 3. The Kier molecular flexibility index (Phi) is 4.16. The maximum Gasteiger partial charge on any atom is 0.282 e. The number of nitrogens with zero attached hydrogens (tertiary/aromatic N) is 1. The Balaban J connectivity index is 2.40. The summed E-state index contributed by atoms with van der Waals surface area (Å²) >= 11 is 3.26. The summed E-state index contributed by atoms with van der Waals surface area (Å²) < 4.78 is 39.9. The molecule has 0 fully saturated rings. The molecule has 0 aliphatic heterocycles. The Hall–Kier alpha value is -1.47. The van der Waals surface area contributed by atoms with Crippen LogP contribution in [0.5, 0.6) is 0 Å². The highest BCUT2D eigenvalue weighted by atomic mass is 79.9. The Bertz CT molecular complexity index is 692. The number of benzene rings is 1. The van der Waals surface area contributed by atoms with Crippen molar-refractivity contribution in [3.8, 4) is 0 Å². The van der Waals surface area contributed by atoms with Crippen LogP contribution in [0.15, 0.2) is 47.6 Å². The van der Waals surface area contributed by atoms with Crippen molar-refractivity contribution in [2.45, 2.75) is 10.4 Å². The third kappa shape index (κ3) is 3.10. The maximum absolute atomic E-state index is 13.5. The van der Waals surface area contributed by atoms with Crippen LogP contribution in [0.3, 0.4) is 0 Å². The van der Waals surface area contributed by atoms with Crippen molar-refractivity contribution in [1.82, 2.24) is 4.98 Å². The van der Waals surface area contributed by atoms with Gasteiger partial charge in [0.15, 0.2) is 5.82 Å². The van der Waals surface area contributed by atoms with Crippen molar-refractivity contribution in [2.24, 2.45) is 0 Å². The molecular formula is C12H10BrFN2O2S. The number of sulfonamides is 1.